The van der Waals surface area contributed by atoms with Crippen LogP contribution < -0.4 is 4.90 Å². The van der Waals surface area contributed by atoms with E-state index in [9.17, 15) is 9.90 Å². The van der Waals surface area contributed by atoms with E-state index in [1.54, 1.807) is 18.4 Å². The minimum atomic E-state index is -0.840. The molecule has 1 atom stereocenters. The predicted octanol–water partition coefficient (Wildman–Crippen LogP) is 5.51. The summed E-state index contributed by atoms with van der Waals surface area (Å²) in [5, 5.41) is 10.7. The van der Waals surface area contributed by atoms with Gasteiger partial charge in [0, 0.05) is 41.3 Å². The standard InChI is InChI=1S/C22H26ClNO3S/c1-22(2)8-6-18-16(11-22)19(21(25)26)20(28-18)15-10-13(23)4-5-17(15)24-9-7-14(12-24)27-3/h4-5,10,14H,6-9,11-12H2,1-3H3,(H,25,26)/t14-/m1/s1. The molecule has 4 rings (SSSR count). The molecular formula is C22H26ClNO3S. The summed E-state index contributed by atoms with van der Waals surface area (Å²) >= 11 is 7.98. The fourth-order valence-electron chi connectivity index (χ4n) is 4.44. The third-order valence-electron chi connectivity index (χ3n) is 6.01. The van der Waals surface area contributed by atoms with E-state index >= 15 is 0 Å². The molecule has 2 aromatic rings. The van der Waals surface area contributed by atoms with Crippen molar-refractivity contribution in [3.63, 3.8) is 0 Å². The van der Waals surface area contributed by atoms with Crippen LogP contribution in [-0.4, -0.2) is 37.4 Å². The molecule has 6 heteroatoms. The zero-order valence-electron chi connectivity index (χ0n) is 16.5. The maximum atomic E-state index is 12.3. The van der Waals surface area contributed by atoms with E-state index in [0.29, 0.717) is 10.6 Å². The van der Waals surface area contributed by atoms with Gasteiger partial charge in [0.05, 0.1) is 16.5 Å². The van der Waals surface area contributed by atoms with Crippen molar-refractivity contribution in [2.45, 2.75) is 45.6 Å². The first-order chi connectivity index (χ1) is 13.3. The zero-order valence-corrected chi connectivity index (χ0v) is 18.1. The van der Waals surface area contributed by atoms with Crippen molar-refractivity contribution in [3.8, 4) is 10.4 Å². The Bertz CT molecular complexity index is 921. The van der Waals surface area contributed by atoms with Gasteiger partial charge in [-0.25, -0.2) is 4.79 Å². The molecule has 150 valence electrons. The zero-order chi connectivity index (χ0) is 20.1. The Morgan fingerprint density at radius 1 is 1.39 bits per heavy atom. The molecule has 1 aliphatic carbocycles. The molecule has 0 radical (unpaired) electrons. The summed E-state index contributed by atoms with van der Waals surface area (Å²) in [7, 11) is 1.74. The summed E-state index contributed by atoms with van der Waals surface area (Å²) < 4.78 is 5.52. The average molecular weight is 420 g/mol. The number of hydrogen-bond donors (Lipinski definition) is 1. The molecular weight excluding hydrogens is 394 g/mol. The van der Waals surface area contributed by atoms with E-state index in [0.717, 1.165) is 60.5 Å². The Balaban J connectivity index is 1.85. The lowest BCUT2D eigenvalue weighted by molar-refractivity contribution is 0.0696. The third-order valence-corrected chi connectivity index (χ3v) is 7.57. The van der Waals surface area contributed by atoms with Crippen LogP contribution in [0.2, 0.25) is 5.02 Å². The maximum Gasteiger partial charge on any atom is 0.337 e. The molecule has 2 aliphatic rings. The first-order valence-corrected chi connectivity index (χ1v) is 10.9. The number of fused-ring (bicyclic) bond motifs is 1. The largest absolute Gasteiger partial charge is 0.478 e. The van der Waals surface area contributed by atoms with Crippen LogP contribution in [0.4, 0.5) is 5.69 Å². The van der Waals surface area contributed by atoms with Crippen LogP contribution >= 0.6 is 22.9 Å². The Morgan fingerprint density at radius 3 is 2.86 bits per heavy atom. The highest BCUT2D eigenvalue weighted by Crippen LogP contribution is 2.47. The van der Waals surface area contributed by atoms with E-state index in [1.807, 2.05) is 18.2 Å². The molecule has 1 aromatic heterocycles. The van der Waals surface area contributed by atoms with Gasteiger partial charge in [-0.3, -0.25) is 0 Å². The first-order valence-electron chi connectivity index (χ1n) is 9.74. The van der Waals surface area contributed by atoms with Gasteiger partial charge in [0.2, 0.25) is 0 Å². The summed E-state index contributed by atoms with van der Waals surface area (Å²) in [6.07, 6.45) is 4.02. The summed E-state index contributed by atoms with van der Waals surface area (Å²) in [6.45, 7) is 6.15. The molecule has 0 bridgehead atoms. The van der Waals surface area contributed by atoms with Gasteiger partial charge in [-0.05, 0) is 54.9 Å². The Labute approximate surface area is 175 Å². The number of benzene rings is 1. The lowest BCUT2D eigenvalue weighted by Crippen LogP contribution is -2.23. The van der Waals surface area contributed by atoms with Crippen LogP contribution in [0.1, 0.15) is 47.5 Å². The molecule has 2 heterocycles. The van der Waals surface area contributed by atoms with Crippen molar-refractivity contribution >= 4 is 34.6 Å². The predicted molar refractivity (Wildman–Crippen MR) is 115 cm³/mol. The van der Waals surface area contributed by atoms with E-state index in [4.69, 9.17) is 16.3 Å². The number of carbonyl (C=O) groups is 1. The first kappa shape index (κ1) is 19.7. The molecule has 1 saturated heterocycles. The van der Waals surface area contributed by atoms with Crippen molar-refractivity contribution in [2.24, 2.45) is 5.41 Å². The molecule has 28 heavy (non-hydrogen) atoms. The Morgan fingerprint density at radius 2 is 2.18 bits per heavy atom. The number of aryl methyl sites for hydroxylation is 1. The normalized spacial score (nSPS) is 21.0. The smallest absolute Gasteiger partial charge is 0.337 e. The topological polar surface area (TPSA) is 49.8 Å². The number of thiophene rings is 1. The summed E-state index contributed by atoms with van der Waals surface area (Å²) in [5.41, 5.74) is 3.60. The summed E-state index contributed by atoms with van der Waals surface area (Å²) in [6, 6.07) is 5.83. The van der Waals surface area contributed by atoms with Crippen molar-refractivity contribution in [1.29, 1.82) is 0 Å². The van der Waals surface area contributed by atoms with Crippen LogP contribution in [-0.2, 0) is 17.6 Å². The number of rotatable bonds is 4. The number of ether oxygens (including phenoxy) is 1. The number of carboxylic acids is 1. The quantitative estimate of drug-likeness (QED) is 0.710. The number of methoxy groups -OCH3 is 1. The highest BCUT2D eigenvalue weighted by atomic mass is 35.5. The third kappa shape index (κ3) is 3.56. The minimum Gasteiger partial charge on any atom is -0.478 e. The molecule has 1 aromatic carbocycles. The van der Waals surface area contributed by atoms with Crippen molar-refractivity contribution < 1.29 is 14.6 Å². The number of aromatic carboxylic acids is 1. The van der Waals surface area contributed by atoms with Gasteiger partial charge >= 0.3 is 5.97 Å². The van der Waals surface area contributed by atoms with E-state index in [-0.39, 0.29) is 11.5 Å². The molecule has 4 nitrogen and oxygen atoms in total. The number of hydrogen-bond acceptors (Lipinski definition) is 4. The molecule has 0 unspecified atom stereocenters. The summed E-state index contributed by atoms with van der Waals surface area (Å²) in [5.74, 6) is -0.840. The van der Waals surface area contributed by atoms with Gasteiger partial charge in [-0.2, -0.15) is 0 Å². The minimum absolute atomic E-state index is 0.132. The van der Waals surface area contributed by atoms with E-state index in [2.05, 4.69) is 18.7 Å². The van der Waals surface area contributed by atoms with Crippen molar-refractivity contribution in [3.05, 3.63) is 39.2 Å². The molecule has 0 saturated carbocycles. The number of nitrogens with zero attached hydrogens (tertiary/aromatic N) is 1. The van der Waals surface area contributed by atoms with Gasteiger partial charge < -0.3 is 14.7 Å². The average Bonchev–Trinajstić information content (AvgIpc) is 3.24. The number of halogens is 1. The van der Waals surface area contributed by atoms with E-state index < -0.39 is 5.97 Å². The fourth-order valence-corrected chi connectivity index (χ4v) is 5.95. The van der Waals surface area contributed by atoms with Gasteiger partial charge in [0.1, 0.15) is 0 Å². The van der Waals surface area contributed by atoms with E-state index in [1.165, 1.54) is 4.88 Å². The molecule has 0 spiro atoms. The monoisotopic (exact) mass is 419 g/mol. The highest BCUT2D eigenvalue weighted by molar-refractivity contribution is 7.16. The second-order valence-corrected chi connectivity index (χ2v) is 10.1. The second kappa shape index (κ2) is 7.36. The number of carboxylic acid groups (broad SMARTS) is 1. The fraction of sp³-hybridized carbons (Fsp3) is 0.500. The molecule has 1 aliphatic heterocycles. The summed E-state index contributed by atoms with van der Waals surface area (Å²) in [4.78, 5) is 16.6. The Kier molecular flexibility index (Phi) is 5.19. The van der Waals surface area contributed by atoms with Crippen LogP contribution in [0, 0.1) is 5.41 Å². The highest BCUT2D eigenvalue weighted by Gasteiger charge is 2.34. The van der Waals surface area contributed by atoms with Crippen molar-refractivity contribution in [2.75, 3.05) is 25.1 Å². The molecule has 1 N–H and O–H groups in total. The molecule has 0 amide bonds. The lowest BCUT2D eigenvalue weighted by Gasteiger charge is -2.29. The molecule has 1 fully saturated rings. The van der Waals surface area contributed by atoms with Crippen molar-refractivity contribution in [1.82, 2.24) is 0 Å². The van der Waals surface area contributed by atoms with Gasteiger partial charge in [-0.15, -0.1) is 11.3 Å². The van der Waals surface area contributed by atoms with Gasteiger partial charge in [0.15, 0.2) is 0 Å². The van der Waals surface area contributed by atoms with Crippen LogP contribution in [0.15, 0.2) is 18.2 Å². The second-order valence-electron chi connectivity index (χ2n) is 8.61. The van der Waals surface area contributed by atoms with Crippen LogP contribution in [0.5, 0.6) is 0 Å². The van der Waals surface area contributed by atoms with Crippen LogP contribution in [0.25, 0.3) is 10.4 Å². The van der Waals surface area contributed by atoms with Gasteiger partial charge in [-0.1, -0.05) is 25.4 Å². The maximum absolute atomic E-state index is 12.3. The number of anilines is 1. The SMILES string of the molecule is CO[C@@H]1CCN(c2ccc(Cl)cc2-c2sc3c(c2C(=O)O)CC(C)(C)CC3)C1. The van der Waals surface area contributed by atoms with Crippen LogP contribution in [0.3, 0.4) is 0 Å². The van der Waals surface area contributed by atoms with Gasteiger partial charge in [0.25, 0.3) is 0 Å². The lowest BCUT2D eigenvalue weighted by atomic mass is 9.76. The Hall–Kier alpha value is -1.56.